The van der Waals surface area contributed by atoms with Crippen LogP contribution >= 0.6 is 7.60 Å². The highest BCUT2D eigenvalue weighted by molar-refractivity contribution is 7.55. The molecule has 0 aromatic carbocycles. The number of hydrogen-bond donors (Lipinski definition) is 0. The molecule has 0 aliphatic carbocycles. The van der Waals surface area contributed by atoms with E-state index in [2.05, 4.69) is 13.8 Å². The summed E-state index contributed by atoms with van der Waals surface area (Å²) >= 11 is 0. The summed E-state index contributed by atoms with van der Waals surface area (Å²) in [6, 6.07) is 0. The Bertz CT molecular complexity index is 673. The van der Waals surface area contributed by atoms with Crippen molar-refractivity contribution in [2.24, 2.45) is 0 Å². The largest absolute Gasteiger partial charge is 0.442 e. The normalized spacial score (nSPS) is 11.5. The van der Waals surface area contributed by atoms with Crippen molar-refractivity contribution in [3.63, 3.8) is 0 Å². The van der Waals surface area contributed by atoms with E-state index in [-0.39, 0.29) is 12.8 Å². The van der Waals surface area contributed by atoms with Crippen molar-refractivity contribution < 1.29 is 28.0 Å². The first-order valence-electron chi connectivity index (χ1n) is 19.4. The van der Waals surface area contributed by atoms with E-state index in [4.69, 9.17) is 9.05 Å². The molecule has 0 fully saturated rings. The van der Waals surface area contributed by atoms with Gasteiger partial charge in [0.1, 0.15) is 6.16 Å². The van der Waals surface area contributed by atoms with E-state index >= 15 is 0 Å². The van der Waals surface area contributed by atoms with E-state index in [1.165, 1.54) is 148 Å². The topological polar surface area (TPSA) is 86.7 Å². The maximum atomic E-state index is 12.8. The van der Waals surface area contributed by atoms with Crippen LogP contribution < -0.4 is 0 Å². The Morgan fingerprint density at radius 2 is 0.644 bits per heavy atom. The van der Waals surface area contributed by atoms with Crippen molar-refractivity contribution in [1.29, 1.82) is 0 Å². The van der Waals surface area contributed by atoms with Gasteiger partial charge in [-0.1, -0.05) is 194 Å². The van der Waals surface area contributed by atoms with Crippen LogP contribution in [0.5, 0.6) is 0 Å². The molecule has 45 heavy (non-hydrogen) atoms. The molecule has 0 amide bonds. The van der Waals surface area contributed by atoms with Crippen molar-refractivity contribution in [3.8, 4) is 0 Å². The van der Waals surface area contributed by atoms with Gasteiger partial charge in [-0.25, -0.2) is 4.57 Å². The van der Waals surface area contributed by atoms with Crippen LogP contribution in [0.3, 0.4) is 0 Å². The third-order valence-corrected chi connectivity index (χ3v) is 10.2. The zero-order chi connectivity index (χ0) is 33.1. The average Bonchev–Trinajstić information content (AvgIpc) is 3.01. The Balaban J connectivity index is 3.76. The molecular formula is C38H72O6P. The SMILES string of the molecule is CCCCCCCCCCCCCCCCCC(=O)OP(=O)(C[C]=O)OC(=O)CCCCCCCCCCCCCCCCC. The summed E-state index contributed by atoms with van der Waals surface area (Å²) in [6.07, 6.45) is 37.9. The summed E-state index contributed by atoms with van der Waals surface area (Å²) in [6.45, 7) is 4.51. The Morgan fingerprint density at radius 3 is 0.867 bits per heavy atom. The van der Waals surface area contributed by atoms with Gasteiger partial charge >= 0.3 is 19.5 Å². The monoisotopic (exact) mass is 656 g/mol. The highest BCUT2D eigenvalue weighted by Crippen LogP contribution is 2.48. The van der Waals surface area contributed by atoms with Gasteiger partial charge in [0.05, 0.1) is 0 Å². The van der Waals surface area contributed by atoms with Crippen LogP contribution in [0.2, 0.25) is 0 Å². The molecule has 0 atom stereocenters. The van der Waals surface area contributed by atoms with Crippen LogP contribution in [0.15, 0.2) is 0 Å². The highest BCUT2D eigenvalue weighted by Gasteiger charge is 2.32. The Labute approximate surface area is 278 Å². The third kappa shape index (κ3) is 32.6. The summed E-state index contributed by atoms with van der Waals surface area (Å²) in [5.74, 6) is -1.36. The maximum absolute atomic E-state index is 12.8. The molecule has 1 radical (unpaired) electrons. The molecule has 6 nitrogen and oxygen atoms in total. The molecule has 0 rings (SSSR count). The first-order chi connectivity index (χ1) is 22.0. The van der Waals surface area contributed by atoms with E-state index in [9.17, 15) is 18.9 Å². The van der Waals surface area contributed by atoms with Crippen LogP contribution in [0, 0.1) is 0 Å². The van der Waals surface area contributed by atoms with Crippen LogP contribution in [0.1, 0.15) is 219 Å². The molecule has 7 heteroatoms. The van der Waals surface area contributed by atoms with Gasteiger partial charge < -0.3 is 9.05 Å². The zero-order valence-corrected chi connectivity index (χ0v) is 30.6. The van der Waals surface area contributed by atoms with Gasteiger partial charge in [-0.15, -0.1) is 0 Å². The predicted molar refractivity (Wildman–Crippen MR) is 189 cm³/mol. The lowest BCUT2D eigenvalue weighted by molar-refractivity contribution is -0.138. The summed E-state index contributed by atoms with van der Waals surface area (Å²) in [7, 11) is -4.13. The zero-order valence-electron chi connectivity index (χ0n) is 29.7. The molecular weight excluding hydrogens is 583 g/mol. The molecule has 0 unspecified atom stereocenters. The molecule has 0 saturated carbocycles. The number of rotatable bonds is 36. The molecule has 0 aliphatic rings. The maximum Gasteiger partial charge on any atom is 0.442 e. The lowest BCUT2D eigenvalue weighted by Crippen LogP contribution is -2.11. The number of unbranched alkanes of at least 4 members (excludes halogenated alkanes) is 28. The Kier molecular flexibility index (Phi) is 33.3. The third-order valence-electron chi connectivity index (χ3n) is 8.71. The lowest BCUT2D eigenvalue weighted by atomic mass is 10.0. The molecule has 0 aliphatic heterocycles. The summed E-state index contributed by atoms with van der Waals surface area (Å²) in [4.78, 5) is 35.4. The second-order valence-electron chi connectivity index (χ2n) is 13.2. The van der Waals surface area contributed by atoms with Crippen LogP contribution in [-0.4, -0.2) is 24.4 Å². The fraction of sp³-hybridized carbons (Fsp3) is 0.921. The summed E-state index contributed by atoms with van der Waals surface area (Å²) in [5.41, 5.74) is 0. The van der Waals surface area contributed by atoms with Crippen LogP contribution in [0.4, 0.5) is 0 Å². The van der Waals surface area contributed by atoms with Gasteiger partial charge in [-0.2, -0.15) is 0 Å². The van der Waals surface area contributed by atoms with Crippen molar-refractivity contribution in [1.82, 2.24) is 0 Å². The first-order valence-corrected chi connectivity index (χ1v) is 21.1. The van der Waals surface area contributed by atoms with E-state index in [1.54, 1.807) is 0 Å². The van der Waals surface area contributed by atoms with Crippen LogP contribution in [0.25, 0.3) is 0 Å². The van der Waals surface area contributed by atoms with Crippen molar-refractivity contribution in [3.05, 3.63) is 0 Å². The molecule has 265 valence electrons. The number of carbonyl (C=O) groups excluding carboxylic acids is 3. The van der Waals surface area contributed by atoms with Gasteiger partial charge in [-0.05, 0) is 12.8 Å². The van der Waals surface area contributed by atoms with Gasteiger partial charge in [-0.3, -0.25) is 14.4 Å². The fourth-order valence-electron chi connectivity index (χ4n) is 5.85. The minimum Gasteiger partial charge on any atom is -0.383 e. The molecule has 0 N–H and O–H groups in total. The van der Waals surface area contributed by atoms with Crippen molar-refractivity contribution >= 4 is 25.8 Å². The minimum absolute atomic E-state index is 0.109. The number of hydrogen-bond acceptors (Lipinski definition) is 6. The van der Waals surface area contributed by atoms with Crippen molar-refractivity contribution in [2.45, 2.75) is 219 Å². The second kappa shape index (κ2) is 34.2. The molecule has 0 spiro atoms. The second-order valence-corrected chi connectivity index (χ2v) is 15.1. The van der Waals surface area contributed by atoms with E-state index in [1.807, 2.05) is 0 Å². The molecule has 0 heterocycles. The Morgan fingerprint density at radius 1 is 0.422 bits per heavy atom. The summed E-state index contributed by atoms with van der Waals surface area (Å²) in [5, 5.41) is 0. The van der Waals surface area contributed by atoms with Crippen LogP contribution in [-0.2, 0) is 28.0 Å². The summed E-state index contributed by atoms with van der Waals surface area (Å²) < 4.78 is 22.8. The first kappa shape index (κ1) is 43.8. The van der Waals surface area contributed by atoms with Gasteiger partial charge in [0.15, 0.2) is 0 Å². The molecule has 0 bridgehead atoms. The smallest absolute Gasteiger partial charge is 0.383 e. The van der Waals surface area contributed by atoms with Gasteiger partial charge in [0.25, 0.3) is 0 Å². The molecule has 0 saturated heterocycles. The van der Waals surface area contributed by atoms with Crippen molar-refractivity contribution in [2.75, 3.05) is 6.16 Å². The Hall–Kier alpha value is -1.16. The highest BCUT2D eigenvalue weighted by atomic mass is 31.2. The predicted octanol–water partition coefficient (Wildman–Crippen LogP) is 12.9. The average molecular weight is 656 g/mol. The van der Waals surface area contributed by atoms with Gasteiger partial charge in [0.2, 0.25) is 6.29 Å². The van der Waals surface area contributed by atoms with E-state index < -0.39 is 25.7 Å². The molecule has 0 aromatic heterocycles. The quantitative estimate of drug-likeness (QED) is 0.0493. The lowest BCUT2D eigenvalue weighted by Gasteiger charge is -2.15. The van der Waals surface area contributed by atoms with E-state index in [0.717, 1.165) is 38.5 Å². The number of carbonyl (C=O) groups is 2. The standard InChI is InChI=1S/C38H72O6P/c1-3-5-7-9-11-13-15-17-19-21-23-25-27-29-31-33-37(40)43-45(42,36-35-39)44-38(41)34-32-30-28-26-24-22-20-18-16-14-12-10-8-6-4-2/h3-34,36H2,1-2H3. The van der Waals surface area contributed by atoms with Gasteiger partial charge in [0, 0.05) is 12.8 Å². The minimum atomic E-state index is -4.13. The molecule has 0 aromatic rings. The van der Waals surface area contributed by atoms with E-state index in [0.29, 0.717) is 12.8 Å². The fourth-order valence-corrected chi connectivity index (χ4v) is 6.97.